The van der Waals surface area contributed by atoms with Gasteiger partial charge in [-0.3, -0.25) is 9.59 Å². The van der Waals surface area contributed by atoms with Gasteiger partial charge in [-0.1, -0.05) is 36.9 Å². The van der Waals surface area contributed by atoms with E-state index in [-0.39, 0.29) is 24.1 Å². The van der Waals surface area contributed by atoms with Gasteiger partial charge in [0.15, 0.2) is 0 Å². The number of para-hydroxylation sites is 1. The number of hydrogen-bond acceptors (Lipinski definition) is 7. The van der Waals surface area contributed by atoms with Crippen LogP contribution in [0.25, 0.3) is 0 Å². The second kappa shape index (κ2) is 9.70. The number of furan rings is 1. The molecule has 1 aromatic carbocycles. The number of benzene rings is 1. The molecule has 28 heavy (non-hydrogen) atoms. The molecular formula is C18H20N6O3S. The lowest BCUT2D eigenvalue weighted by Gasteiger charge is -2.10. The third kappa shape index (κ3) is 5.43. The van der Waals surface area contributed by atoms with Crippen molar-refractivity contribution >= 4 is 29.3 Å². The monoisotopic (exact) mass is 400 g/mol. The van der Waals surface area contributed by atoms with E-state index in [2.05, 4.69) is 26.2 Å². The normalized spacial score (nSPS) is 10.6. The number of hydrogen-bond donors (Lipinski definition) is 2. The lowest BCUT2D eigenvalue weighted by molar-refractivity contribution is -0.122. The number of amides is 2. The quantitative estimate of drug-likeness (QED) is 0.526. The fraction of sp³-hybridized carbons (Fsp3) is 0.278. The Morgan fingerprint density at radius 3 is 2.82 bits per heavy atom. The van der Waals surface area contributed by atoms with Crippen molar-refractivity contribution in [1.29, 1.82) is 0 Å². The van der Waals surface area contributed by atoms with Gasteiger partial charge in [0.2, 0.25) is 17.0 Å². The minimum Gasteiger partial charge on any atom is -0.467 e. The maximum absolute atomic E-state index is 12.1. The van der Waals surface area contributed by atoms with Crippen LogP contribution in [0.3, 0.4) is 0 Å². The SMILES string of the molecule is CCc1ccccc1NC(=O)CNC(=O)CSc1nnnn1Cc1ccco1. The molecule has 0 fully saturated rings. The van der Waals surface area contributed by atoms with Gasteiger partial charge in [0.05, 0.1) is 18.6 Å². The summed E-state index contributed by atoms with van der Waals surface area (Å²) in [6.07, 6.45) is 2.39. The summed E-state index contributed by atoms with van der Waals surface area (Å²) < 4.78 is 6.82. The number of carbonyl (C=O) groups is 2. The van der Waals surface area contributed by atoms with Crippen LogP contribution >= 0.6 is 11.8 Å². The van der Waals surface area contributed by atoms with Gasteiger partial charge >= 0.3 is 0 Å². The Bertz CT molecular complexity index is 925. The smallest absolute Gasteiger partial charge is 0.243 e. The zero-order valence-electron chi connectivity index (χ0n) is 15.3. The van der Waals surface area contributed by atoms with Crippen molar-refractivity contribution in [2.75, 3.05) is 17.6 Å². The highest BCUT2D eigenvalue weighted by Crippen LogP contribution is 2.16. The van der Waals surface area contributed by atoms with Gasteiger partial charge in [0.25, 0.3) is 0 Å². The lowest BCUT2D eigenvalue weighted by Crippen LogP contribution is -2.34. The van der Waals surface area contributed by atoms with Crippen molar-refractivity contribution < 1.29 is 14.0 Å². The first-order valence-corrected chi connectivity index (χ1v) is 9.70. The molecule has 146 valence electrons. The van der Waals surface area contributed by atoms with E-state index in [1.807, 2.05) is 37.3 Å². The van der Waals surface area contributed by atoms with Crippen molar-refractivity contribution in [1.82, 2.24) is 25.5 Å². The standard InChI is InChI=1S/C18H20N6O3S/c1-2-13-6-3-4-8-15(13)20-16(25)10-19-17(26)12-28-18-21-22-23-24(18)11-14-7-5-9-27-14/h3-9H,2,10-12H2,1H3,(H,19,26)(H,20,25). The summed E-state index contributed by atoms with van der Waals surface area (Å²) in [5, 5.41) is 17.3. The highest BCUT2D eigenvalue weighted by molar-refractivity contribution is 7.99. The molecule has 0 saturated heterocycles. The molecule has 0 radical (unpaired) electrons. The number of tetrazole rings is 1. The minimum absolute atomic E-state index is 0.0946. The zero-order valence-corrected chi connectivity index (χ0v) is 16.1. The Labute approximate surface area is 165 Å². The molecule has 0 aliphatic rings. The third-order valence-electron chi connectivity index (χ3n) is 3.84. The Morgan fingerprint density at radius 2 is 2.04 bits per heavy atom. The van der Waals surface area contributed by atoms with Crippen LogP contribution in [0, 0.1) is 0 Å². The van der Waals surface area contributed by atoms with E-state index in [9.17, 15) is 9.59 Å². The highest BCUT2D eigenvalue weighted by atomic mass is 32.2. The van der Waals surface area contributed by atoms with Crippen molar-refractivity contribution in [3.63, 3.8) is 0 Å². The van der Waals surface area contributed by atoms with Gasteiger partial charge in [-0.2, -0.15) is 0 Å². The molecule has 0 aliphatic carbocycles. The van der Waals surface area contributed by atoms with E-state index in [4.69, 9.17) is 4.42 Å². The largest absolute Gasteiger partial charge is 0.467 e. The van der Waals surface area contributed by atoms with Crippen LogP contribution in [-0.2, 0) is 22.6 Å². The number of nitrogens with zero attached hydrogens (tertiary/aromatic N) is 4. The van der Waals surface area contributed by atoms with Crippen LogP contribution in [0.4, 0.5) is 5.69 Å². The van der Waals surface area contributed by atoms with Gasteiger partial charge in [0, 0.05) is 5.69 Å². The van der Waals surface area contributed by atoms with E-state index in [1.165, 1.54) is 11.8 Å². The highest BCUT2D eigenvalue weighted by Gasteiger charge is 2.12. The van der Waals surface area contributed by atoms with Gasteiger partial charge in [-0.25, -0.2) is 4.68 Å². The lowest BCUT2D eigenvalue weighted by atomic mass is 10.1. The van der Waals surface area contributed by atoms with Crippen LogP contribution in [0.15, 0.2) is 52.2 Å². The Morgan fingerprint density at radius 1 is 1.18 bits per heavy atom. The maximum atomic E-state index is 12.1. The number of carbonyl (C=O) groups excluding carboxylic acids is 2. The Balaban J connectivity index is 1.44. The first-order chi connectivity index (χ1) is 13.7. The number of nitrogens with one attached hydrogen (secondary N) is 2. The number of rotatable bonds is 9. The van der Waals surface area contributed by atoms with Crippen molar-refractivity contribution in [2.45, 2.75) is 25.0 Å². The molecule has 2 N–H and O–H groups in total. The molecule has 0 unspecified atom stereocenters. The van der Waals surface area contributed by atoms with Crippen LogP contribution in [0.2, 0.25) is 0 Å². The van der Waals surface area contributed by atoms with Gasteiger partial charge < -0.3 is 15.1 Å². The van der Waals surface area contributed by atoms with E-state index in [0.717, 1.165) is 17.7 Å². The van der Waals surface area contributed by atoms with Crippen molar-refractivity contribution in [3.05, 3.63) is 54.0 Å². The van der Waals surface area contributed by atoms with Crippen LogP contribution < -0.4 is 10.6 Å². The molecule has 2 aromatic heterocycles. The van der Waals surface area contributed by atoms with Crippen molar-refractivity contribution in [2.24, 2.45) is 0 Å². The van der Waals surface area contributed by atoms with Crippen LogP contribution in [-0.4, -0.2) is 44.3 Å². The van der Waals surface area contributed by atoms with Crippen LogP contribution in [0.1, 0.15) is 18.2 Å². The summed E-state index contributed by atoms with van der Waals surface area (Å²) in [6.45, 7) is 2.29. The molecule has 0 aliphatic heterocycles. The molecule has 3 rings (SSSR count). The van der Waals surface area contributed by atoms with Gasteiger partial charge in [-0.05, 0) is 40.6 Å². The average Bonchev–Trinajstić information content (AvgIpc) is 3.37. The molecule has 2 amide bonds. The van der Waals surface area contributed by atoms with E-state index >= 15 is 0 Å². The summed E-state index contributed by atoms with van der Waals surface area (Å²) in [5.41, 5.74) is 1.80. The van der Waals surface area contributed by atoms with E-state index in [1.54, 1.807) is 17.0 Å². The second-order valence-electron chi connectivity index (χ2n) is 5.82. The summed E-state index contributed by atoms with van der Waals surface area (Å²) in [7, 11) is 0. The minimum atomic E-state index is -0.281. The number of thioether (sulfide) groups is 1. The van der Waals surface area contributed by atoms with Gasteiger partial charge in [-0.15, -0.1) is 5.10 Å². The molecule has 3 aromatic rings. The topological polar surface area (TPSA) is 115 Å². The molecular weight excluding hydrogens is 380 g/mol. The Hall–Kier alpha value is -3.14. The number of anilines is 1. The maximum Gasteiger partial charge on any atom is 0.243 e. The fourth-order valence-electron chi connectivity index (χ4n) is 2.45. The summed E-state index contributed by atoms with van der Waals surface area (Å²) in [6, 6.07) is 11.2. The first kappa shape index (κ1) is 19.6. The predicted molar refractivity (Wildman–Crippen MR) is 104 cm³/mol. The van der Waals surface area contributed by atoms with E-state index < -0.39 is 0 Å². The molecule has 9 nitrogen and oxygen atoms in total. The molecule has 0 spiro atoms. The van der Waals surface area contributed by atoms with Crippen molar-refractivity contribution in [3.8, 4) is 0 Å². The second-order valence-corrected chi connectivity index (χ2v) is 6.77. The number of aryl methyl sites for hydroxylation is 1. The number of aromatic nitrogens is 4. The van der Waals surface area contributed by atoms with Crippen LogP contribution in [0.5, 0.6) is 0 Å². The molecule has 0 saturated carbocycles. The zero-order chi connectivity index (χ0) is 19.8. The first-order valence-electron chi connectivity index (χ1n) is 8.71. The third-order valence-corrected chi connectivity index (χ3v) is 4.79. The molecule has 2 heterocycles. The average molecular weight is 400 g/mol. The molecule has 10 heteroatoms. The predicted octanol–water partition coefficient (Wildman–Crippen LogP) is 1.72. The fourth-order valence-corrected chi connectivity index (χ4v) is 3.16. The summed E-state index contributed by atoms with van der Waals surface area (Å²) >= 11 is 1.19. The summed E-state index contributed by atoms with van der Waals surface area (Å²) in [4.78, 5) is 24.1. The molecule has 0 atom stereocenters. The summed E-state index contributed by atoms with van der Waals surface area (Å²) in [5.74, 6) is 0.248. The Kier molecular flexibility index (Phi) is 6.79. The van der Waals surface area contributed by atoms with E-state index in [0.29, 0.717) is 17.5 Å². The molecule has 0 bridgehead atoms. The van der Waals surface area contributed by atoms with Gasteiger partial charge in [0.1, 0.15) is 12.3 Å².